The van der Waals surface area contributed by atoms with Crippen LogP contribution in [0.3, 0.4) is 0 Å². The molecule has 42 heavy (non-hydrogen) atoms. The molecule has 0 radical (unpaired) electrons. The van der Waals surface area contributed by atoms with E-state index in [4.69, 9.17) is 9.47 Å². The molecule has 3 aromatic rings. The number of methoxy groups -OCH3 is 2. The summed E-state index contributed by atoms with van der Waals surface area (Å²) in [6, 6.07) is 19.4. The molecule has 1 atom stereocenters. The van der Waals surface area contributed by atoms with Gasteiger partial charge >= 0.3 is 0 Å². The number of benzene rings is 3. The summed E-state index contributed by atoms with van der Waals surface area (Å²) < 4.78 is 39.5. The van der Waals surface area contributed by atoms with Gasteiger partial charge in [0, 0.05) is 13.1 Å². The molecule has 0 saturated carbocycles. The van der Waals surface area contributed by atoms with E-state index in [1.165, 1.54) is 24.1 Å². The number of aryl methyl sites for hydroxylation is 1. The number of hydrogen-bond acceptors (Lipinski definition) is 6. The first kappa shape index (κ1) is 32.5. The van der Waals surface area contributed by atoms with Gasteiger partial charge in [-0.3, -0.25) is 13.9 Å². The maximum atomic E-state index is 14.1. The van der Waals surface area contributed by atoms with E-state index >= 15 is 0 Å². The van der Waals surface area contributed by atoms with E-state index in [0.29, 0.717) is 30.2 Å². The molecule has 3 aromatic carbocycles. The van der Waals surface area contributed by atoms with Crippen molar-refractivity contribution in [3.63, 3.8) is 0 Å². The first-order valence-corrected chi connectivity index (χ1v) is 15.5. The first-order valence-electron chi connectivity index (χ1n) is 14.1. The fourth-order valence-corrected chi connectivity index (χ4v) is 5.88. The van der Waals surface area contributed by atoms with Crippen LogP contribution in [0.4, 0.5) is 5.69 Å². The molecule has 0 heterocycles. The van der Waals surface area contributed by atoms with Crippen LogP contribution in [0.25, 0.3) is 0 Å². The molecule has 0 unspecified atom stereocenters. The molecule has 0 aliphatic carbocycles. The summed E-state index contributed by atoms with van der Waals surface area (Å²) in [7, 11) is -1.05. The normalized spacial score (nSPS) is 11.8. The second kappa shape index (κ2) is 15.3. The Morgan fingerprint density at radius 2 is 1.43 bits per heavy atom. The van der Waals surface area contributed by atoms with Gasteiger partial charge in [-0.2, -0.15) is 0 Å². The van der Waals surface area contributed by atoms with Gasteiger partial charge in [0.15, 0.2) is 0 Å². The van der Waals surface area contributed by atoms with Gasteiger partial charge in [0.2, 0.25) is 11.8 Å². The molecule has 0 fully saturated rings. The molecule has 0 spiro atoms. The molecule has 2 amide bonds. The van der Waals surface area contributed by atoms with Crippen LogP contribution in [-0.4, -0.2) is 58.5 Å². The van der Waals surface area contributed by atoms with Crippen molar-refractivity contribution < 1.29 is 27.5 Å². The maximum absolute atomic E-state index is 14.1. The molecule has 0 aliphatic heterocycles. The van der Waals surface area contributed by atoms with Crippen molar-refractivity contribution in [2.24, 2.45) is 0 Å². The Morgan fingerprint density at radius 1 is 0.857 bits per heavy atom. The van der Waals surface area contributed by atoms with E-state index in [-0.39, 0.29) is 17.3 Å². The number of nitrogens with zero attached hydrogens (tertiary/aromatic N) is 2. The van der Waals surface area contributed by atoms with E-state index in [0.717, 1.165) is 28.3 Å². The Hall–Kier alpha value is -4.05. The van der Waals surface area contributed by atoms with E-state index in [2.05, 4.69) is 5.32 Å². The van der Waals surface area contributed by atoms with Crippen molar-refractivity contribution in [2.75, 3.05) is 31.6 Å². The van der Waals surface area contributed by atoms with Gasteiger partial charge in [-0.1, -0.05) is 50.1 Å². The lowest BCUT2D eigenvalue weighted by molar-refractivity contribution is -0.140. The van der Waals surface area contributed by atoms with E-state index in [1.807, 2.05) is 32.9 Å². The number of rotatable bonds is 15. The Morgan fingerprint density at radius 3 is 1.95 bits per heavy atom. The number of nitrogens with one attached hydrogen (secondary N) is 1. The van der Waals surface area contributed by atoms with Crippen LogP contribution >= 0.6 is 0 Å². The zero-order valence-electron chi connectivity index (χ0n) is 25.0. The van der Waals surface area contributed by atoms with Crippen molar-refractivity contribution in [3.05, 3.63) is 83.9 Å². The van der Waals surface area contributed by atoms with Crippen LogP contribution < -0.4 is 19.1 Å². The largest absolute Gasteiger partial charge is 0.497 e. The monoisotopic (exact) mass is 595 g/mol. The smallest absolute Gasteiger partial charge is 0.264 e. The van der Waals surface area contributed by atoms with Crippen molar-refractivity contribution in [2.45, 2.75) is 57.5 Å². The van der Waals surface area contributed by atoms with Crippen LogP contribution in [0.15, 0.2) is 77.7 Å². The number of carbonyl (C=O) groups excluding carboxylic acids is 2. The van der Waals surface area contributed by atoms with Crippen LogP contribution in [0, 0.1) is 6.92 Å². The molecule has 3 rings (SSSR count). The number of anilines is 1. The number of amides is 2. The van der Waals surface area contributed by atoms with Crippen molar-refractivity contribution in [1.82, 2.24) is 10.2 Å². The molecular formula is C32H41N3O6S. The molecule has 226 valence electrons. The minimum atomic E-state index is -4.14. The lowest BCUT2D eigenvalue weighted by atomic mass is 10.1. The van der Waals surface area contributed by atoms with Crippen molar-refractivity contribution in [3.8, 4) is 11.5 Å². The van der Waals surface area contributed by atoms with Gasteiger partial charge in [-0.15, -0.1) is 0 Å². The van der Waals surface area contributed by atoms with Gasteiger partial charge in [-0.25, -0.2) is 8.42 Å². The maximum Gasteiger partial charge on any atom is 0.264 e. The minimum Gasteiger partial charge on any atom is -0.497 e. The Kier molecular flexibility index (Phi) is 11.8. The van der Waals surface area contributed by atoms with Crippen LogP contribution in [-0.2, 0) is 26.2 Å². The fourth-order valence-electron chi connectivity index (χ4n) is 4.47. The van der Waals surface area contributed by atoms with Crippen molar-refractivity contribution >= 4 is 27.5 Å². The van der Waals surface area contributed by atoms with Gasteiger partial charge in [0.05, 0.1) is 24.8 Å². The van der Waals surface area contributed by atoms with Gasteiger partial charge < -0.3 is 19.7 Å². The molecular weight excluding hydrogens is 554 g/mol. The predicted molar refractivity (Wildman–Crippen MR) is 164 cm³/mol. The lowest BCUT2D eigenvalue weighted by Gasteiger charge is -2.33. The highest BCUT2D eigenvalue weighted by Crippen LogP contribution is 2.27. The summed E-state index contributed by atoms with van der Waals surface area (Å²) in [5, 5.41) is 2.93. The van der Waals surface area contributed by atoms with Gasteiger partial charge in [0.1, 0.15) is 24.1 Å². The van der Waals surface area contributed by atoms with Crippen LogP contribution in [0.5, 0.6) is 11.5 Å². The summed E-state index contributed by atoms with van der Waals surface area (Å²) in [5.41, 5.74) is 1.99. The zero-order chi connectivity index (χ0) is 30.7. The topological polar surface area (TPSA) is 105 Å². The molecule has 0 aromatic heterocycles. The van der Waals surface area contributed by atoms with E-state index in [1.54, 1.807) is 55.6 Å². The van der Waals surface area contributed by atoms with E-state index in [9.17, 15) is 18.0 Å². The third-order valence-corrected chi connectivity index (χ3v) is 8.76. The third-order valence-electron chi connectivity index (χ3n) is 6.98. The number of unbranched alkanes of at least 4 members (excludes halogenated alkanes) is 1. The number of sulfonamides is 1. The van der Waals surface area contributed by atoms with Crippen molar-refractivity contribution in [1.29, 1.82) is 0 Å². The summed E-state index contributed by atoms with van der Waals surface area (Å²) in [6.45, 7) is 5.85. The molecule has 0 aliphatic rings. The molecule has 0 saturated heterocycles. The van der Waals surface area contributed by atoms with Gasteiger partial charge in [-0.05, 0) is 73.9 Å². The standard InChI is InChI=1S/C32H41N3O6S/c1-6-8-21-33-32(37)30(7-2)34(22-25-11-15-27(40-4)16-12-25)31(36)23-35(26-13-17-28(41-5)18-14-26)42(38,39)29-19-9-24(3)10-20-29/h9-20,30H,6-8,21-23H2,1-5H3,(H,33,37)/t30-/m0/s1. The average molecular weight is 596 g/mol. The second-order valence-electron chi connectivity index (χ2n) is 9.96. The Labute approximate surface area is 249 Å². The zero-order valence-corrected chi connectivity index (χ0v) is 25.8. The summed E-state index contributed by atoms with van der Waals surface area (Å²) in [4.78, 5) is 28.9. The highest BCUT2D eigenvalue weighted by molar-refractivity contribution is 7.92. The minimum absolute atomic E-state index is 0.0581. The summed E-state index contributed by atoms with van der Waals surface area (Å²) in [5.74, 6) is 0.435. The second-order valence-corrected chi connectivity index (χ2v) is 11.8. The average Bonchev–Trinajstić information content (AvgIpc) is 3.00. The van der Waals surface area contributed by atoms with E-state index < -0.39 is 28.5 Å². The van der Waals surface area contributed by atoms with Crippen LogP contribution in [0.1, 0.15) is 44.2 Å². The summed E-state index contributed by atoms with van der Waals surface area (Å²) in [6.07, 6.45) is 2.08. The quantitative estimate of drug-likeness (QED) is 0.250. The van der Waals surface area contributed by atoms with Crippen LogP contribution in [0.2, 0.25) is 0 Å². The first-order chi connectivity index (χ1) is 20.1. The Bertz CT molecular complexity index is 1410. The molecule has 0 bridgehead atoms. The fraction of sp³-hybridized carbons (Fsp3) is 0.375. The molecule has 9 nitrogen and oxygen atoms in total. The molecule has 1 N–H and O–H groups in total. The SMILES string of the molecule is CCCCNC(=O)[C@H](CC)N(Cc1ccc(OC)cc1)C(=O)CN(c1ccc(OC)cc1)S(=O)(=O)c1ccc(C)cc1. The summed E-state index contributed by atoms with van der Waals surface area (Å²) >= 11 is 0. The number of hydrogen-bond donors (Lipinski definition) is 1. The number of ether oxygens (including phenoxy) is 2. The highest BCUT2D eigenvalue weighted by Gasteiger charge is 2.33. The molecule has 10 heteroatoms. The lowest BCUT2D eigenvalue weighted by Crippen LogP contribution is -2.52. The Balaban J connectivity index is 2.03. The third kappa shape index (κ3) is 8.25. The highest BCUT2D eigenvalue weighted by atomic mass is 32.2. The predicted octanol–water partition coefficient (Wildman–Crippen LogP) is 4.93. The number of carbonyl (C=O) groups is 2. The van der Waals surface area contributed by atoms with Gasteiger partial charge in [0.25, 0.3) is 10.0 Å².